The predicted molar refractivity (Wildman–Crippen MR) is 271 cm³/mol. The van der Waals surface area contributed by atoms with Crippen molar-refractivity contribution in [3.05, 3.63) is 237 Å². The number of nitrogens with zero attached hydrogens (tertiary/aromatic N) is 7. The molecular weight excluding hydrogens is 819 g/mol. The summed E-state index contributed by atoms with van der Waals surface area (Å²) >= 11 is 0. The van der Waals surface area contributed by atoms with Crippen molar-refractivity contribution in [2.45, 2.75) is 0 Å². The van der Waals surface area contributed by atoms with Crippen molar-refractivity contribution < 1.29 is 0 Å². The van der Waals surface area contributed by atoms with Crippen LogP contribution in [0.2, 0.25) is 0 Å². The number of para-hydroxylation sites is 1. The van der Waals surface area contributed by atoms with Crippen LogP contribution in [0.3, 0.4) is 0 Å². The fraction of sp³-hybridized carbons (Fsp3) is 0. The first-order chi connectivity index (χ1) is 33.2. The molecular formula is C60H39N7. The average molecular weight is 858 g/mol. The maximum Gasteiger partial charge on any atom is 0.164 e. The average Bonchev–Trinajstić information content (AvgIpc) is 3.77. The minimum Gasteiger partial charge on any atom is -0.309 e. The fourth-order valence-corrected chi connectivity index (χ4v) is 8.97. The molecule has 12 rings (SSSR count). The first kappa shape index (κ1) is 39.4. The van der Waals surface area contributed by atoms with Gasteiger partial charge in [0.1, 0.15) is 0 Å². The predicted octanol–water partition coefficient (Wildman–Crippen LogP) is 14.5. The van der Waals surface area contributed by atoms with Crippen LogP contribution in [0.25, 0.3) is 118 Å². The van der Waals surface area contributed by atoms with Crippen LogP contribution < -0.4 is 0 Å². The van der Waals surface area contributed by atoms with Gasteiger partial charge in [0.25, 0.3) is 0 Å². The zero-order chi connectivity index (χ0) is 44.5. The summed E-state index contributed by atoms with van der Waals surface area (Å²) in [7, 11) is 0. The summed E-state index contributed by atoms with van der Waals surface area (Å²) in [4.78, 5) is 30.2. The summed E-state index contributed by atoms with van der Waals surface area (Å²) in [5.74, 6) is 3.71. The molecule has 0 aliphatic heterocycles. The van der Waals surface area contributed by atoms with Crippen LogP contribution in [0.4, 0.5) is 0 Å². The van der Waals surface area contributed by atoms with Gasteiger partial charge in [-0.15, -0.1) is 0 Å². The summed E-state index contributed by atoms with van der Waals surface area (Å²) in [6.07, 6.45) is 0. The molecule has 3 aromatic heterocycles. The van der Waals surface area contributed by atoms with Crippen molar-refractivity contribution in [1.82, 2.24) is 34.5 Å². The third kappa shape index (κ3) is 7.50. The van der Waals surface area contributed by atoms with E-state index in [9.17, 15) is 0 Å². The number of rotatable bonds is 9. The second-order valence-electron chi connectivity index (χ2n) is 16.3. The van der Waals surface area contributed by atoms with Crippen LogP contribution in [0.5, 0.6) is 0 Å². The van der Waals surface area contributed by atoms with Gasteiger partial charge in [-0.2, -0.15) is 0 Å². The van der Waals surface area contributed by atoms with Crippen molar-refractivity contribution in [3.63, 3.8) is 0 Å². The number of aromatic nitrogens is 7. The summed E-state index contributed by atoms with van der Waals surface area (Å²) in [5, 5.41) is 2.28. The minimum absolute atomic E-state index is 0.607. The summed E-state index contributed by atoms with van der Waals surface area (Å²) in [5.41, 5.74) is 13.1. The van der Waals surface area contributed by atoms with Crippen molar-refractivity contribution >= 4 is 21.8 Å². The first-order valence-electron chi connectivity index (χ1n) is 22.3. The normalized spacial score (nSPS) is 11.3. The summed E-state index contributed by atoms with van der Waals surface area (Å²) < 4.78 is 2.37. The lowest BCUT2D eigenvalue weighted by Crippen LogP contribution is -2.00. The minimum atomic E-state index is 0.607. The van der Waals surface area contributed by atoms with E-state index in [-0.39, 0.29) is 0 Å². The molecule has 0 aliphatic rings. The lowest BCUT2D eigenvalue weighted by Gasteiger charge is -2.12. The van der Waals surface area contributed by atoms with E-state index in [0.717, 1.165) is 83.1 Å². The fourth-order valence-electron chi connectivity index (χ4n) is 8.97. The number of fused-ring (bicyclic) bond motifs is 3. The molecule has 0 radical (unpaired) electrons. The molecule has 0 N–H and O–H groups in total. The zero-order valence-electron chi connectivity index (χ0n) is 36.1. The highest BCUT2D eigenvalue weighted by atomic mass is 15.0. The number of benzene rings is 9. The molecule has 0 fully saturated rings. The van der Waals surface area contributed by atoms with Crippen LogP contribution in [-0.2, 0) is 0 Å². The Bertz CT molecular complexity index is 3380. The second-order valence-corrected chi connectivity index (χ2v) is 16.3. The van der Waals surface area contributed by atoms with E-state index in [1.807, 2.05) is 121 Å². The van der Waals surface area contributed by atoms with E-state index < -0.39 is 0 Å². The van der Waals surface area contributed by atoms with Gasteiger partial charge < -0.3 is 4.57 Å². The van der Waals surface area contributed by atoms with E-state index in [0.29, 0.717) is 34.9 Å². The van der Waals surface area contributed by atoms with Crippen molar-refractivity contribution in [1.29, 1.82) is 0 Å². The molecule has 0 saturated heterocycles. The standard InChI is InChI=1S/C60H39N7/c1-6-20-40(21-7-1)55-61-56(41-22-8-2-9-23-41)64-59(63-55)46-30-16-28-44(38-46)49-34-18-36-51-53(49)54-50(35-19-37-52(54)67(51)48-32-14-5-15-33-48)45-29-17-31-47(39-45)60-65-57(42-24-10-3-11-25-42)62-58(66-60)43-26-12-4-13-27-43/h1-39H. The highest BCUT2D eigenvalue weighted by Crippen LogP contribution is 2.44. The van der Waals surface area contributed by atoms with Gasteiger partial charge in [-0.25, -0.2) is 29.9 Å². The highest BCUT2D eigenvalue weighted by molar-refractivity contribution is 6.21. The Kier molecular flexibility index (Phi) is 10.0. The molecule has 0 amide bonds. The van der Waals surface area contributed by atoms with Crippen molar-refractivity contribution in [2.75, 3.05) is 0 Å². The van der Waals surface area contributed by atoms with Crippen molar-refractivity contribution in [2.24, 2.45) is 0 Å². The molecule has 7 heteroatoms. The molecule has 3 heterocycles. The lowest BCUT2D eigenvalue weighted by molar-refractivity contribution is 1.07. The van der Waals surface area contributed by atoms with Gasteiger partial charge in [-0.1, -0.05) is 200 Å². The van der Waals surface area contributed by atoms with E-state index >= 15 is 0 Å². The molecule has 0 aliphatic carbocycles. The van der Waals surface area contributed by atoms with Gasteiger partial charge in [0.15, 0.2) is 34.9 Å². The summed E-state index contributed by atoms with van der Waals surface area (Å²) in [6.45, 7) is 0. The monoisotopic (exact) mass is 857 g/mol. The Morgan fingerprint density at radius 1 is 0.224 bits per heavy atom. The molecule has 0 saturated carbocycles. The molecule has 0 bridgehead atoms. The van der Waals surface area contributed by atoms with E-state index in [2.05, 4.69) is 120 Å². The molecule has 12 aromatic rings. The van der Waals surface area contributed by atoms with E-state index in [1.54, 1.807) is 0 Å². The third-order valence-electron chi connectivity index (χ3n) is 12.1. The topological polar surface area (TPSA) is 82.3 Å². The molecule has 0 atom stereocenters. The highest BCUT2D eigenvalue weighted by Gasteiger charge is 2.21. The SMILES string of the molecule is c1ccc(-c2nc(-c3ccccc3)nc(-c3cccc(-c4cccc5c4c4c(-c6cccc(-c7nc(-c8ccccc8)nc(-c8ccccc8)n7)c6)cccc4n5-c4ccccc4)c3)n2)cc1. The maximum absolute atomic E-state index is 5.08. The van der Waals surface area contributed by atoms with Gasteiger partial charge in [-0.05, 0) is 58.7 Å². The van der Waals surface area contributed by atoms with Gasteiger partial charge >= 0.3 is 0 Å². The maximum atomic E-state index is 5.08. The Balaban J connectivity index is 1.05. The van der Waals surface area contributed by atoms with Crippen LogP contribution in [0.15, 0.2) is 237 Å². The Hall–Kier alpha value is -9.20. The van der Waals surface area contributed by atoms with Crippen LogP contribution in [0, 0.1) is 0 Å². The molecule has 314 valence electrons. The Labute approximate surface area is 387 Å². The second kappa shape index (κ2) is 17.1. The van der Waals surface area contributed by atoms with Crippen LogP contribution in [-0.4, -0.2) is 34.5 Å². The zero-order valence-corrected chi connectivity index (χ0v) is 36.1. The van der Waals surface area contributed by atoms with Crippen molar-refractivity contribution in [3.8, 4) is 96.3 Å². The number of hydrogen-bond donors (Lipinski definition) is 0. The van der Waals surface area contributed by atoms with Gasteiger partial charge in [0.2, 0.25) is 0 Å². The molecule has 67 heavy (non-hydrogen) atoms. The van der Waals surface area contributed by atoms with Crippen LogP contribution >= 0.6 is 0 Å². The van der Waals surface area contributed by atoms with Gasteiger partial charge in [0.05, 0.1) is 11.0 Å². The van der Waals surface area contributed by atoms with E-state index in [1.165, 1.54) is 0 Å². The molecule has 9 aromatic carbocycles. The van der Waals surface area contributed by atoms with Crippen LogP contribution in [0.1, 0.15) is 0 Å². The Morgan fingerprint density at radius 2 is 0.493 bits per heavy atom. The Morgan fingerprint density at radius 3 is 0.836 bits per heavy atom. The first-order valence-corrected chi connectivity index (χ1v) is 22.3. The van der Waals surface area contributed by atoms with Gasteiger partial charge in [0, 0.05) is 49.8 Å². The molecule has 0 unspecified atom stereocenters. The summed E-state index contributed by atoms with van der Waals surface area (Å²) in [6, 6.07) is 81.3. The number of hydrogen-bond acceptors (Lipinski definition) is 6. The van der Waals surface area contributed by atoms with Gasteiger partial charge in [-0.3, -0.25) is 0 Å². The smallest absolute Gasteiger partial charge is 0.164 e. The van der Waals surface area contributed by atoms with E-state index in [4.69, 9.17) is 29.9 Å². The lowest BCUT2D eigenvalue weighted by atomic mass is 9.93. The molecule has 0 spiro atoms. The largest absolute Gasteiger partial charge is 0.309 e. The third-order valence-corrected chi connectivity index (χ3v) is 12.1. The molecule has 7 nitrogen and oxygen atoms in total. The quantitative estimate of drug-likeness (QED) is 0.144.